The van der Waals surface area contributed by atoms with Gasteiger partial charge in [0, 0.05) is 18.8 Å². The van der Waals surface area contributed by atoms with Crippen LogP contribution in [0.5, 0.6) is 0 Å². The molecule has 1 aliphatic rings. The number of aryl methyl sites for hydroxylation is 1. The van der Waals surface area contributed by atoms with E-state index >= 15 is 0 Å². The van der Waals surface area contributed by atoms with Crippen molar-refractivity contribution >= 4 is 11.7 Å². The molecular weight excluding hydrogens is 268 g/mol. The highest BCUT2D eigenvalue weighted by Gasteiger charge is 2.32. The van der Waals surface area contributed by atoms with Crippen molar-refractivity contribution in [1.29, 1.82) is 5.26 Å². The monoisotopic (exact) mass is 288 g/mol. The highest BCUT2D eigenvalue weighted by Crippen LogP contribution is 2.23. The Morgan fingerprint density at radius 3 is 3.05 bits per heavy atom. The topological polar surface area (TPSA) is 78.2 Å². The molecule has 1 aromatic rings. The van der Waals surface area contributed by atoms with Crippen molar-refractivity contribution in [2.75, 3.05) is 24.7 Å². The van der Waals surface area contributed by atoms with Gasteiger partial charge in [0.2, 0.25) is 5.91 Å². The van der Waals surface area contributed by atoms with E-state index < -0.39 is 6.04 Å². The number of amides is 1. The Kier molecular flexibility index (Phi) is 4.76. The zero-order valence-corrected chi connectivity index (χ0v) is 12.6. The maximum atomic E-state index is 12.3. The molecule has 0 radical (unpaired) electrons. The first-order valence-corrected chi connectivity index (χ1v) is 7.05. The summed E-state index contributed by atoms with van der Waals surface area (Å²) in [5.74, 6) is 0.460. The minimum atomic E-state index is -0.456. The Hall–Kier alpha value is -2.13. The normalized spacial score (nSPS) is 18.4. The predicted molar refractivity (Wildman–Crippen MR) is 78.9 cm³/mol. The van der Waals surface area contributed by atoms with Gasteiger partial charge in [0.1, 0.15) is 17.9 Å². The van der Waals surface area contributed by atoms with Crippen molar-refractivity contribution in [2.45, 2.75) is 32.9 Å². The average Bonchev–Trinajstić information content (AvgIpc) is 2.46. The van der Waals surface area contributed by atoms with Gasteiger partial charge in [-0.1, -0.05) is 0 Å². The highest BCUT2D eigenvalue weighted by molar-refractivity contribution is 5.86. The molecule has 112 valence electrons. The molecule has 1 atom stereocenters. The van der Waals surface area contributed by atoms with E-state index in [1.807, 2.05) is 25.7 Å². The summed E-state index contributed by atoms with van der Waals surface area (Å²) in [4.78, 5) is 18.5. The van der Waals surface area contributed by atoms with E-state index in [0.717, 1.165) is 5.56 Å². The molecule has 1 aliphatic heterocycles. The summed E-state index contributed by atoms with van der Waals surface area (Å²) in [7, 11) is 0. The molecule has 1 unspecified atom stereocenters. The van der Waals surface area contributed by atoms with Crippen LogP contribution in [0.2, 0.25) is 0 Å². The lowest BCUT2D eigenvalue weighted by Crippen LogP contribution is -2.55. The molecule has 1 fully saturated rings. The molecule has 0 spiro atoms. The largest absolute Gasteiger partial charge is 0.377 e. The van der Waals surface area contributed by atoms with E-state index in [1.165, 1.54) is 0 Å². The third-order valence-electron chi connectivity index (χ3n) is 3.39. The lowest BCUT2D eigenvalue weighted by Gasteiger charge is -2.36. The second-order valence-corrected chi connectivity index (χ2v) is 5.39. The molecule has 6 nitrogen and oxygen atoms in total. The van der Waals surface area contributed by atoms with Gasteiger partial charge in [0.15, 0.2) is 0 Å². The Balaban J connectivity index is 2.34. The SMILES string of the molecule is Cc1ccnc(N2CCOCC2C(=O)NC(C)C)c1C#N. The number of nitriles is 1. The van der Waals surface area contributed by atoms with Crippen molar-refractivity contribution < 1.29 is 9.53 Å². The third-order valence-corrected chi connectivity index (χ3v) is 3.39. The molecular formula is C15H20N4O2. The second kappa shape index (κ2) is 6.55. The van der Waals surface area contributed by atoms with E-state index in [9.17, 15) is 10.1 Å². The molecule has 1 aromatic heterocycles. The molecule has 21 heavy (non-hydrogen) atoms. The zero-order valence-electron chi connectivity index (χ0n) is 12.6. The predicted octanol–water partition coefficient (Wildman–Crippen LogP) is 0.991. The summed E-state index contributed by atoms with van der Waals surface area (Å²) < 4.78 is 5.43. The van der Waals surface area contributed by atoms with Gasteiger partial charge in [-0.3, -0.25) is 4.79 Å². The minimum Gasteiger partial charge on any atom is -0.377 e. The number of pyridine rings is 1. The van der Waals surface area contributed by atoms with Crippen LogP contribution in [0.1, 0.15) is 25.0 Å². The fraction of sp³-hybridized carbons (Fsp3) is 0.533. The molecule has 1 amide bonds. The average molecular weight is 288 g/mol. The molecule has 2 rings (SSSR count). The van der Waals surface area contributed by atoms with Crippen LogP contribution < -0.4 is 10.2 Å². The number of rotatable bonds is 3. The Labute approximate surface area is 124 Å². The van der Waals surface area contributed by atoms with E-state index in [0.29, 0.717) is 31.1 Å². The number of ether oxygens (including phenoxy) is 1. The van der Waals surface area contributed by atoms with Gasteiger partial charge < -0.3 is 15.0 Å². The molecule has 6 heteroatoms. The summed E-state index contributed by atoms with van der Waals surface area (Å²) in [6, 6.07) is 3.58. The van der Waals surface area contributed by atoms with Crippen molar-refractivity contribution in [3.63, 3.8) is 0 Å². The van der Waals surface area contributed by atoms with Gasteiger partial charge in [-0.05, 0) is 32.4 Å². The fourth-order valence-electron chi connectivity index (χ4n) is 2.35. The molecule has 2 heterocycles. The third kappa shape index (κ3) is 3.31. The van der Waals surface area contributed by atoms with Crippen molar-refractivity contribution in [3.8, 4) is 6.07 Å². The number of anilines is 1. The smallest absolute Gasteiger partial charge is 0.245 e. The Morgan fingerprint density at radius 2 is 2.38 bits per heavy atom. The lowest BCUT2D eigenvalue weighted by atomic mass is 10.1. The van der Waals surface area contributed by atoms with Crippen LogP contribution in [0.15, 0.2) is 12.3 Å². The summed E-state index contributed by atoms with van der Waals surface area (Å²) in [5, 5.41) is 12.2. The number of nitrogens with one attached hydrogen (secondary N) is 1. The maximum absolute atomic E-state index is 12.3. The molecule has 0 aliphatic carbocycles. The van der Waals surface area contributed by atoms with E-state index in [-0.39, 0.29) is 11.9 Å². The molecule has 0 bridgehead atoms. The molecule has 1 N–H and O–H groups in total. The van der Waals surface area contributed by atoms with Crippen LogP contribution in [0.3, 0.4) is 0 Å². The second-order valence-electron chi connectivity index (χ2n) is 5.39. The van der Waals surface area contributed by atoms with Crippen LogP contribution in [0.4, 0.5) is 5.82 Å². The summed E-state index contributed by atoms with van der Waals surface area (Å²) in [6.45, 7) is 7.06. The van der Waals surface area contributed by atoms with Crippen LogP contribution >= 0.6 is 0 Å². The van der Waals surface area contributed by atoms with Gasteiger partial charge in [-0.25, -0.2) is 4.98 Å². The van der Waals surface area contributed by atoms with Gasteiger partial charge in [0.05, 0.1) is 18.8 Å². The minimum absolute atomic E-state index is 0.0576. The zero-order chi connectivity index (χ0) is 15.4. The number of aromatic nitrogens is 1. The molecule has 0 saturated carbocycles. The van der Waals surface area contributed by atoms with E-state index in [4.69, 9.17) is 4.74 Å². The fourth-order valence-corrected chi connectivity index (χ4v) is 2.35. The van der Waals surface area contributed by atoms with Gasteiger partial charge >= 0.3 is 0 Å². The first kappa shape index (κ1) is 15.3. The quantitative estimate of drug-likeness (QED) is 0.897. The van der Waals surface area contributed by atoms with Crippen molar-refractivity contribution in [2.24, 2.45) is 0 Å². The number of carbonyl (C=O) groups is 1. The number of hydrogen-bond donors (Lipinski definition) is 1. The van der Waals surface area contributed by atoms with Gasteiger partial charge in [-0.2, -0.15) is 5.26 Å². The van der Waals surface area contributed by atoms with Crippen LogP contribution in [-0.2, 0) is 9.53 Å². The van der Waals surface area contributed by atoms with E-state index in [2.05, 4.69) is 16.4 Å². The first-order chi connectivity index (χ1) is 10.0. The van der Waals surface area contributed by atoms with Crippen LogP contribution in [-0.4, -0.2) is 42.7 Å². The first-order valence-electron chi connectivity index (χ1n) is 7.05. The lowest BCUT2D eigenvalue weighted by molar-refractivity contribution is -0.125. The maximum Gasteiger partial charge on any atom is 0.245 e. The van der Waals surface area contributed by atoms with Crippen LogP contribution in [0, 0.1) is 18.3 Å². The summed E-state index contributed by atoms with van der Waals surface area (Å²) in [5.41, 5.74) is 1.37. The van der Waals surface area contributed by atoms with Gasteiger partial charge in [0.25, 0.3) is 0 Å². The molecule has 1 saturated heterocycles. The number of nitrogens with zero attached hydrogens (tertiary/aromatic N) is 3. The standard InChI is InChI=1S/C15H20N4O2/c1-10(2)18-15(20)13-9-21-7-6-19(13)14-12(8-16)11(3)4-5-17-14/h4-5,10,13H,6-7,9H2,1-3H3,(H,18,20). The Morgan fingerprint density at radius 1 is 1.62 bits per heavy atom. The number of hydrogen-bond acceptors (Lipinski definition) is 5. The van der Waals surface area contributed by atoms with E-state index in [1.54, 1.807) is 12.3 Å². The number of morpholine rings is 1. The summed E-state index contributed by atoms with van der Waals surface area (Å²) in [6.07, 6.45) is 1.67. The van der Waals surface area contributed by atoms with Crippen LogP contribution in [0.25, 0.3) is 0 Å². The van der Waals surface area contributed by atoms with Crippen molar-refractivity contribution in [3.05, 3.63) is 23.4 Å². The molecule has 0 aromatic carbocycles. The number of carbonyl (C=O) groups excluding carboxylic acids is 1. The summed E-state index contributed by atoms with van der Waals surface area (Å²) >= 11 is 0. The highest BCUT2D eigenvalue weighted by atomic mass is 16.5. The Bertz CT molecular complexity index is 565. The van der Waals surface area contributed by atoms with Crippen molar-refractivity contribution in [1.82, 2.24) is 10.3 Å². The van der Waals surface area contributed by atoms with Gasteiger partial charge in [-0.15, -0.1) is 0 Å².